The first-order valence-corrected chi connectivity index (χ1v) is 8.00. The average molecular weight is 280 g/mol. The number of hydrogen-bond donors (Lipinski definition) is 0. The first-order valence-electron chi connectivity index (χ1n) is 5.14. The molecule has 0 aliphatic heterocycles. The summed E-state index contributed by atoms with van der Waals surface area (Å²) in [6, 6.07) is 1.64. The summed E-state index contributed by atoms with van der Waals surface area (Å²) in [5.74, 6) is 0.807. The second-order valence-electron chi connectivity index (χ2n) is 4.07. The van der Waals surface area contributed by atoms with E-state index in [0.29, 0.717) is 17.4 Å². The van der Waals surface area contributed by atoms with Gasteiger partial charge in [-0.15, -0.1) is 22.9 Å². The van der Waals surface area contributed by atoms with Crippen LogP contribution >= 0.6 is 22.9 Å². The quantitative estimate of drug-likeness (QED) is 0.777. The second kappa shape index (κ2) is 4.64. The maximum absolute atomic E-state index is 12.2. The summed E-state index contributed by atoms with van der Waals surface area (Å²) < 4.78 is 25.9. The molecule has 1 aliphatic carbocycles. The van der Waals surface area contributed by atoms with E-state index < -0.39 is 10.0 Å². The molecule has 90 valence electrons. The van der Waals surface area contributed by atoms with Crippen molar-refractivity contribution in [2.45, 2.75) is 23.6 Å². The van der Waals surface area contributed by atoms with E-state index in [9.17, 15) is 8.42 Å². The highest BCUT2D eigenvalue weighted by molar-refractivity contribution is 7.89. The Bertz CT molecular complexity index is 465. The molecule has 0 bridgehead atoms. The molecule has 1 aliphatic rings. The van der Waals surface area contributed by atoms with Crippen molar-refractivity contribution in [2.75, 3.05) is 13.6 Å². The predicted molar refractivity (Wildman–Crippen MR) is 66.4 cm³/mol. The maximum Gasteiger partial charge on any atom is 0.243 e. The molecule has 3 nitrogen and oxygen atoms in total. The fourth-order valence-electron chi connectivity index (χ4n) is 1.59. The third-order valence-corrected chi connectivity index (χ3v) is 6.11. The molecule has 0 amide bonds. The smallest absolute Gasteiger partial charge is 0.207 e. The van der Waals surface area contributed by atoms with Crippen molar-refractivity contribution >= 4 is 33.0 Å². The minimum absolute atomic E-state index is 0.253. The number of thiophene rings is 1. The van der Waals surface area contributed by atoms with Crippen molar-refractivity contribution in [2.24, 2.45) is 5.92 Å². The SMILES string of the molecule is CN(CC1CC1)S(=O)(=O)c1ccsc1CCl. The molecule has 6 heteroatoms. The Morgan fingerprint density at radius 2 is 2.25 bits per heavy atom. The highest BCUT2D eigenvalue weighted by Crippen LogP contribution is 2.32. The van der Waals surface area contributed by atoms with Crippen LogP contribution in [0.1, 0.15) is 17.7 Å². The van der Waals surface area contributed by atoms with Crippen LogP contribution in [0.5, 0.6) is 0 Å². The molecule has 1 fully saturated rings. The van der Waals surface area contributed by atoms with Crippen LogP contribution in [-0.2, 0) is 15.9 Å². The van der Waals surface area contributed by atoms with Crippen LogP contribution in [0.3, 0.4) is 0 Å². The Kier molecular flexibility index (Phi) is 3.59. The monoisotopic (exact) mass is 279 g/mol. The molecule has 0 unspecified atom stereocenters. The molecule has 16 heavy (non-hydrogen) atoms. The lowest BCUT2D eigenvalue weighted by molar-refractivity contribution is 0.453. The summed E-state index contributed by atoms with van der Waals surface area (Å²) in [6.45, 7) is 0.625. The lowest BCUT2D eigenvalue weighted by atomic mass is 10.4. The average Bonchev–Trinajstić information content (AvgIpc) is 2.92. The molecule has 0 N–H and O–H groups in total. The van der Waals surface area contributed by atoms with Crippen molar-refractivity contribution in [3.63, 3.8) is 0 Å². The molecule has 1 aromatic rings. The third kappa shape index (κ3) is 2.42. The molecule has 0 saturated heterocycles. The number of hydrogen-bond acceptors (Lipinski definition) is 3. The van der Waals surface area contributed by atoms with Gasteiger partial charge in [0.2, 0.25) is 10.0 Å². The van der Waals surface area contributed by atoms with E-state index in [1.807, 2.05) is 0 Å². The summed E-state index contributed by atoms with van der Waals surface area (Å²) >= 11 is 7.12. The molecule has 0 spiro atoms. The van der Waals surface area contributed by atoms with Gasteiger partial charge in [0.25, 0.3) is 0 Å². The fraction of sp³-hybridized carbons (Fsp3) is 0.600. The van der Waals surface area contributed by atoms with E-state index in [0.717, 1.165) is 17.7 Å². The minimum Gasteiger partial charge on any atom is -0.207 e. The Hall–Kier alpha value is -0.100. The topological polar surface area (TPSA) is 37.4 Å². The Balaban J connectivity index is 2.23. The van der Waals surface area contributed by atoms with Crippen LogP contribution in [0.2, 0.25) is 0 Å². The molecular formula is C10H14ClNO2S2. The summed E-state index contributed by atoms with van der Waals surface area (Å²) in [4.78, 5) is 1.10. The first-order chi connectivity index (χ1) is 7.55. The van der Waals surface area contributed by atoms with Crippen LogP contribution in [0.15, 0.2) is 16.3 Å². The van der Waals surface area contributed by atoms with Crippen molar-refractivity contribution < 1.29 is 8.42 Å². The number of halogens is 1. The Morgan fingerprint density at radius 3 is 2.81 bits per heavy atom. The van der Waals surface area contributed by atoms with Gasteiger partial charge in [-0.2, -0.15) is 0 Å². The summed E-state index contributed by atoms with van der Waals surface area (Å²) in [5.41, 5.74) is 0. The number of sulfonamides is 1. The molecule has 0 aromatic carbocycles. The van der Waals surface area contributed by atoms with Crippen LogP contribution in [0, 0.1) is 5.92 Å². The zero-order valence-electron chi connectivity index (χ0n) is 9.02. The summed E-state index contributed by atoms with van der Waals surface area (Å²) in [6.07, 6.45) is 2.29. The molecule has 0 radical (unpaired) electrons. The third-order valence-electron chi connectivity index (χ3n) is 2.73. The van der Waals surface area contributed by atoms with Crippen LogP contribution in [-0.4, -0.2) is 26.3 Å². The minimum atomic E-state index is -3.33. The van der Waals surface area contributed by atoms with E-state index in [1.165, 1.54) is 15.6 Å². The van der Waals surface area contributed by atoms with Crippen LogP contribution in [0.4, 0.5) is 0 Å². The van der Waals surface area contributed by atoms with Gasteiger partial charge < -0.3 is 0 Å². The number of alkyl halides is 1. The molecule has 0 atom stereocenters. The Labute approximate surface area is 105 Å². The standard InChI is InChI=1S/C10H14ClNO2S2/c1-12(7-8-2-3-8)16(13,14)10-4-5-15-9(10)6-11/h4-5,8H,2-3,6-7H2,1H3. The molecule has 1 heterocycles. The first kappa shape index (κ1) is 12.4. The van der Waals surface area contributed by atoms with Crippen molar-refractivity contribution in [1.29, 1.82) is 0 Å². The van der Waals surface area contributed by atoms with Crippen molar-refractivity contribution in [1.82, 2.24) is 4.31 Å². The van der Waals surface area contributed by atoms with Gasteiger partial charge in [0.15, 0.2) is 0 Å². The van der Waals surface area contributed by atoms with Gasteiger partial charge in [-0.05, 0) is 30.2 Å². The van der Waals surface area contributed by atoms with E-state index in [1.54, 1.807) is 18.5 Å². The summed E-state index contributed by atoms with van der Waals surface area (Å²) in [7, 11) is -1.69. The molecule has 1 aromatic heterocycles. The maximum atomic E-state index is 12.2. The van der Waals surface area contributed by atoms with Crippen LogP contribution < -0.4 is 0 Å². The lowest BCUT2D eigenvalue weighted by Gasteiger charge is -2.16. The van der Waals surface area contributed by atoms with Gasteiger partial charge in [-0.3, -0.25) is 0 Å². The second-order valence-corrected chi connectivity index (χ2v) is 7.35. The highest BCUT2D eigenvalue weighted by Gasteiger charge is 2.30. The number of nitrogens with zero attached hydrogens (tertiary/aromatic N) is 1. The van der Waals surface area contributed by atoms with E-state index in [4.69, 9.17) is 11.6 Å². The zero-order valence-corrected chi connectivity index (χ0v) is 11.4. The summed E-state index contributed by atoms with van der Waals surface area (Å²) in [5, 5.41) is 1.77. The van der Waals surface area contributed by atoms with Crippen molar-refractivity contribution in [3.8, 4) is 0 Å². The lowest BCUT2D eigenvalue weighted by Crippen LogP contribution is -2.29. The predicted octanol–water partition coefficient (Wildman–Crippen LogP) is 2.52. The fourth-order valence-corrected chi connectivity index (χ4v) is 4.50. The largest absolute Gasteiger partial charge is 0.243 e. The van der Waals surface area contributed by atoms with Gasteiger partial charge in [0.1, 0.15) is 0 Å². The molecular weight excluding hydrogens is 266 g/mol. The molecule has 1 saturated carbocycles. The highest BCUT2D eigenvalue weighted by atomic mass is 35.5. The number of rotatable bonds is 5. The van der Waals surface area contributed by atoms with E-state index in [-0.39, 0.29) is 5.88 Å². The van der Waals surface area contributed by atoms with Gasteiger partial charge in [-0.1, -0.05) is 0 Å². The van der Waals surface area contributed by atoms with E-state index >= 15 is 0 Å². The van der Waals surface area contributed by atoms with Crippen LogP contribution in [0.25, 0.3) is 0 Å². The zero-order chi connectivity index (χ0) is 11.8. The van der Waals surface area contributed by atoms with Crippen molar-refractivity contribution in [3.05, 3.63) is 16.3 Å². The Morgan fingerprint density at radius 1 is 1.56 bits per heavy atom. The normalized spacial score (nSPS) is 16.9. The van der Waals surface area contributed by atoms with Gasteiger partial charge >= 0.3 is 0 Å². The molecule has 2 rings (SSSR count). The van der Waals surface area contributed by atoms with Gasteiger partial charge in [0.05, 0.1) is 10.8 Å². The van der Waals surface area contributed by atoms with Gasteiger partial charge in [-0.25, -0.2) is 12.7 Å². The van der Waals surface area contributed by atoms with E-state index in [2.05, 4.69) is 0 Å². The van der Waals surface area contributed by atoms with Gasteiger partial charge in [0, 0.05) is 18.5 Å².